The molecular formula is C14H21N3O. The number of aromatic nitrogens is 1. The average Bonchev–Trinajstić information content (AvgIpc) is 2.38. The molecule has 1 aromatic rings. The Morgan fingerprint density at radius 2 is 2.28 bits per heavy atom. The molecule has 4 nitrogen and oxygen atoms in total. The molecule has 1 amide bonds. The van der Waals surface area contributed by atoms with Crippen LogP contribution in [-0.4, -0.2) is 17.4 Å². The average molecular weight is 247 g/mol. The molecule has 0 spiro atoms. The van der Waals surface area contributed by atoms with E-state index in [1.54, 1.807) is 12.3 Å². The Hall–Kier alpha value is -1.58. The fourth-order valence-electron chi connectivity index (χ4n) is 2.61. The molecule has 1 aliphatic rings. The molecule has 1 aromatic heterocycles. The quantitative estimate of drug-likeness (QED) is 0.860. The Morgan fingerprint density at radius 3 is 3.00 bits per heavy atom. The van der Waals surface area contributed by atoms with Crippen LogP contribution in [0.3, 0.4) is 0 Å². The van der Waals surface area contributed by atoms with Gasteiger partial charge >= 0.3 is 0 Å². The minimum Gasteiger partial charge on any atom is -0.398 e. The third-order valence-electron chi connectivity index (χ3n) is 3.91. The number of rotatable bonds is 3. The summed E-state index contributed by atoms with van der Waals surface area (Å²) in [6.45, 7) is 3.02. The van der Waals surface area contributed by atoms with Gasteiger partial charge in [-0.05, 0) is 24.3 Å². The van der Waals surface area contributed by atoms with E-state index < -0.39 is 0 Å². The van der Waals surface area contributed by atoms with Crippen LogP contribution in [0.15, 0.2) is 18.5 Å². The summed E-state index contributed by atoms with van der Waals surface area (Å²) in [5.74, 6) is 1.18. The topological polar surface area (TPSA) is 68.0 Å². The number of hydrogen-bond acceptors (Lipinski definition) is 3. The molecule has 0 bridgehead atoms. The molecule has 2 unspecified atom stereocenters. The lowest BCUT2D eigenvalue weighted by molar-refractivity contribution is 0.0937. The lowest BCUT2D eigenvalue weighted by atomic mass is 9.80. The van der Waals surface area contributed by atoms with Gasteiger partial charge in [-0.15, -0.1) is 0 Å². The summed E-state index contributed by atoms with van der Waals surface area (Å²) in [4.78, 5) is 15.9. The van der Waals surface area contributed by atoms with Crippen molar-refractivity contribution >= 4 is 11.6 Å². The number of carbonyl (C=O) groups is 1. The highest BCUT2D eigenvalue weighted by molar-refractivity contribution is 5.98. The van der Waals surface area contributed by atoms with Crippen LogP contribution in [0.4, 0.5) is 5.69 Å². The van der Waals surface area contributed by atoms with Crippen molar-refractivity contribution in [3.8, 4) is 0 Å². The monoisotopic (exact) mass is 247 g/mol. The summed E-state index contributed by atoms with van der Waals surface area (Å²) in [7, 11) is 0. The molecule has 1 heterocycles. The molecule has 0 aliphatic heterocycles. The van der Waals surface area contributed by atoms with E-state index in [9.17, 15) is 4.79 Å². The number of nitrogens with zero attached hydrogens (tertiary/aromatic N) is 1. The zero-order valence-electron chi connectivity index (χ0n) is 10.9. The van der Waals surface area contributed by atoms with E-state index in [0.29, 0.717) is 23.1 Å². The van der Waals surface area contributed by atoms with Gasteiger partial charge in [-0.2, -0.15) is 0 Å². The van der Waals surface area contributed by atoms with Crippen molar-refractivity contribution in [3.63, 3.8) is 0 Å². The Labute approximate surface area is 108 Å². The number of amides is 1. The van der Waals surface area contributed by atoms with Crippen LogP contribution in [0.25, 0.3) is 0 Å². The largest absolute Gasteiger partial charge is 0.398 e. The molecule has 1 fully saturated rings. The van der Waals surface area contributed by atoms with Gasteiger partial charge in [-0.3, -0.25) is 9.78 Å². The van der Waals surface area contributed by atoms with E-state index in [1.165, 1.54) is 31.9 Å². The summed E-state index contributed by atoms with van der Waals surface area (Å²) in [6.07, 6.45) is 8.20. The number of carbonyl (C=O) groups excluding carboxylic acids is 1. The standard InChI is InChI=1S/C14H21N3O/c1-10-4-2-3-5-11(10)8-17-14(18)12-9-16-7-6-13(12)15/h6-7,9-11H,2-5,8H2,1H3,(H2,15,16)(H,17,18). The van der Waals surface area contributed by atoms with Crippen molar-refractivity contribution in [3.05, 3.63) is 24.0 Å². The van der Waals surface area contributed by atoms with Gasteiger partial charge in [-0.1, -0.05) is 26.2 Å². The number of anilines is 1. The van der Waals surface area contributed by atoms with Gasteiger partial charge in [0.05, 0.1) is 5.56 Å². The van der Waals surface area contributed by atoms with Gasteiger partial charge in [0.1, 0.15) is 0 Å². The molecule has 18 heavy (non-hydrogen) atoms. The highest BCUT2D eigenvalue weighted by atomic mass is 16.1. The van der Waals surface area contributed by atoms with Crippen LogP contribution in [0.5, 0.6) is 0 Å². The predicted octanol–water partition coefficient (Wildman–Crippen LogP) is 2.22. The van der Waals surface area contributed by atoms with E-state index in [-0.39, 0.29) is 5.91 Å². The molecule has 2 atom stereocenters. The summed E-state index contributed by atoms with van der Waals surface area (Å²) in [6, 6.07) is 1.65. The molecule has 0 radical (unpaired) electrons. The van der Waals surface area contributed by atoms with Crippen molar-refractivity contribution in [2.75, 3.05) is 12.3 Å². The first kappa shape index (κ1) is 12.9. The second kappa shape index (κ2) is 5.85. The van der Waals surface area contributed by atoms with Crippen LogP contribution in [0.1, 0.15) is 43.0 Å². The minimum absolute atomic E-state index is 0.113. The SMILES string of the molecule is CC1CCCCC1CNC(=O)c1cnccc1N. The number of nitrogen functional groups attached to an aromatic ring is 1. The zero-order valence-corrected chi connectivity index (χ0v) is 10.9. The molecule has 3 N–H and O–H groups in total. The van der Waals surface area contributed by atoms with Gasteiger partial charge in [-0.25, -0.2) is 0 Å². The number of nitrogens with two attached hydrogens (primary N) is 1. The van der Waals surface area contributed by atoms with Crippen molar-refractivity contribution in [2.24, 2.45) is 11.8 Å². The molecular weight excluding hydrogens is 226 g/mol. The fourth-order valence-corrected chi connectivity index (χ4v) is 2.61. The van der Waals surface area contributed by atoms with Gasteiger partial charge in [0, 0.05) is 24.6 Å². The van der Waals surface area contributed by atoms with E-state index in [4.69, 9.17) is 5.73 Å². The van der Waals surface area contributed by atoms with Crippen LogP contribution in [0, 0.1) is 11.8 Å². The third kappa shape index (κ3) is 3.00. The van der Waals surface area contributed by atoms with E-state index >= 15 is 0 Å². The van der Waals surface area contributed by atoms with E-state index in [0.717, 1.165) is 6.54 Å². The normalized spacial score (nSPS) is 23.6. The molecule has 4 heteroatoms. The Kier molecular flexibility index (Phi) is 4.18. The maximum Gasteiger partial charge on any atom is 0.254 e. The fraction of sp³-hybridized carbons (Fsp3) is 0.571. The molecule has 98 valence electrons. The first-order valence-electron chi connectivity index (χ1n) is 6.66. The van der Waals surface area contributed by atoms with Gasteiger partial charge in [0.15, 0.2) is 0 Å². The lowest BCUT2D eigenvalue weighted by Crippen LogP contribution is -2.33. The summed E-state index contributed by atoms with van der Waals surface area (Å²) in [5, 5.41) is 2.98. The van der Waals surface area contributed by atoms with Crippen LogP contribution >= 0.6 is 0 Å². The van der Waals surface area contributed by atoms with Gasteiger partial charge in [0.25, 0.3) is 5.91 Å². The highest BCUT2D eigenvalue weighted by Gasteiger charge is 2.22. The number of hydrogen-bond donors (Lipinski definition) is 2. The third-order valence-corrected chi connectivity index (χ3v) is 3.91. The van der Waals surface area contributed by atoms with Crippen molar-refractivity contribution in [1.29, 1.82) is 0 Å². The van der Waals surface area contributed by atoms with Gasteiger partial charge in [0.2, 0.25) is 0 Å². The summed E-state index contributed by atoms with van der Waals surface area (Å²) < 4.78 is 0. The zero-order chi connectivity index (χ0) is 13.0. The molecule has 0 saturated heterocycles. The lowest BCUT2D eigenvalue weighted by Gasteiger charge is -2.28. The second-order valence-electron chi connectivity index (χ2n) is 5.19. The second-order valence-corrected chi connectivity index (χ2v) is 5.19. The maximum atomic E-state index is 12.0. The number of pyridine rings is 1. The van der Waals surface area contributed by atoms with Crippen LogP contribution in [0.2, 0.25) is 0 Å². The van der Waals surface area contributed by atoms with E-state index in [1.807, 2.05) is 0 Å². The predicted molar refractivity (Wildman–Crippen MR) is 72.1 cm³/mol. The first-order valence-corrected chi connectivity index (χ1v) is 6.66. The van der Waals surface area contributed by atoms with E-state index in [2.05, 4.69) is 17.2 Å². The highest BCUT2D eigenvalue weighted by Crippen LogP contribution is 2.28. The first-order chi connectivity index (χ1) is 8.68. The van der Waals surface area contributed by atoms with Crippen molar-refractivity contribution < 1.29 is 4.79 Å². The summed E-state index contributed by atoms with van der Waals surface area (Å²) in [5.41, 5.74) is 6.72. The smallest absolute Gasteiger partial charge is 0.254 e. The van der Waals surface area contributed by atoms with Crippen molar-refractivity contribution in [2.45, 2.75) is 32.6 Å². The van der Waals surface area contributed by atoms with Gasteiger partial charge < -0.3 is 11.1 Å². The molecule has 2 rings (SSSR count). The Morgan fingerprint density at radius 1 is 1.50 bits per heavy atom. The maximum absolute atomic E-state index is 12.0. The number of nitrogens with one attached hydrogen (secondary N) is 1. The Balaban J connectivity index is 1.90. The van der Waals surface area contributed by atoms with Crippen molar-refractivity contribution in [1.82, 2.24) is 10.3 Å². The molecule has 0 aromatic carbocycles. The molecule has 1 saturated carbocycles. The minimum atomic E-state index is -0.113. The van der Waals surface area contributed by atoms with Crippen LogP contribution < -0.4 is 11.1 Å². The van der Waals surface area contributed by atoms with Crippen LogP contribution in [-0.2, 0) is 0 Å². The molecule has 1 aliphatic carbocycles. The summed E-state index contributed by atoms with van der Waals surface area (Å²) >= 11 is 0. The Bertz CT molecular complexity index is 419.